The van der Waals surface area contributed by atoms with E-state index in [9.17, 15) is 36.8 Å². The van der Waals surface area contributed by atoms with Gasteiger partial charge in [0.1, 0.15) is 35.1 Å². The number of amides is 5. The number of fused-ring (bicyclic) bond motifs is 3. The normalized spacial score (nSPS) is 26.3. The van der Waals surface area contributed by atoms with Crippen molar-refractivity contribution in [3.8, 4) is 0 Å². The van der Waals surface area contributed by atoms with Gasteiger partial charge in [-0.05, 0) is 82.7 Å². The van der Waals surface area contributed by atoms with E-state index in [2.05, 4.69) is 15.4 Å². The van der Waals surface area contributed by atoms with E-state index in [-0.39, 0.29) is 43.8 Å². The molecule has 0 unspecified atom stereocenters. The lowest BCUT2D eigenvalue weighted by molar-refractivity contribution is -0.141. The molecule has 296 valence electrons. The van der Waals surface area contributed by atoms with Crippen molar-refractivity contribution in [2.45, 2.75) is 120 Å². The van der Waals surface area contributed by atoms with Gasteiger partial charge in [-0.1, -0.05) is 49.3 Å². The highest BCUT2D eigenvalue weighted by Crippen LogP contribution is 2.46. The molecule has 3 heterocycles. The molecule has 1 aliphatic carbocycles. The highest BCUT2D eigenvalue weighted by atomic mass is 32.2. The summed E-state index contributed by atoms with van der Waals surface area (Å²) in [5.74, 6) is -3.27. The van der Waals surface area contributed by atoms with Crippen LogP contribution in [0.5, 0.6) is 0 Å². The maximum absolute atomic E-state index is 14.5. The van der Waals surface area contributed by atoms with Gasteiger partial charge >= 0.3 is 12.2 Å². The largest absolute Gasteiger partial charge is 0.444 e. The maximum Gasteiger partial charge on any atom is 0.410 e. The number of benzene rings is 2. The summed E-state index contributed by atoms with van der Waals surface area (Å²) in [6, 6.07) is 8.29. The Morgan fingerprint density at radius 2 is 1.80 bits per heavy atom. The summed E-state index contributed by atoms with van der Waals surface area (Å²) < 4.78 is 54.5. The highest BCUT2D eigenvalue weighted by molar-refractivity contribution is 7.90. The predicted molar refractivity (Wildman–Crippen MR) is 197 cm³/mol. The average molecular weight is 782 g/mol. The van der Waals surface area contributed by atoms with E-state index in [0.717, 1.165) is 6.42 Å². The number of hydrogen-bond acceptors (Lipinski definition) is 9. The SMILES string of the molecule is Cc1cccc(S(=O)(=O)NC(=O)[C@]23C[C@@H]2/C=C\CCCCC[C@H](NC(=O)OC(C)(C)C)C(=O)N2C[C@H](OC(=O)N4Cc5cccc(F)c5C4)C[C@H]2C(=O)N3)c1. The van der Waals surface area contributed by atoms with Gasteiger partial charge in [0.15, 0.2) is 0 Å². The molecule has 3 N–H and O–H groups in total. The number of aryl methyl sites for hydroxylation is 1. The fraction of sp³-hybridized carbons (Fsp3) is 0.513. The van der Waals surface area contributed by atoms with Crippen molar-refractivity contribution in [3.05, 3.63) is 77.1 Å². The maximum atomic E-state index is 14.5. The lowest BCUT2D eigenvalue weighted by Gasteiger charge is -2.30. The van der Waals surface area contributed by atoms with Crippen molar-refractivity contribution in [2.24, 2.45) is 5.92 Å². The second-order valence-corrected chi connectivity index (χ2v) is 17.5. The molecule has 0 spiro atoms. The fourth-order valence-electron chi connectivity index (χ4n) is 7.40. The molecule has 0 aromatic heterocycles. The van der Waals surface area contributed by atoms with Crippen LogP contribution in [0.1, 0.15) is 82.4 Å². The summed E-state index contributed by atoms with van der Waals surface area (Å²) in [6.45, 7) is 6.68. The van der Waals surface area contributed by atoms with Crippen LogP contribution in [0.4, 0.5) is 14.0 Å². The summed E-state index contributed by atoms with van der Waals surface area (Å²) >= 11 is 0. The smallest absolute Gasteiger partial charge is 0.410 e. The first-order valence-corrected chi connectivity index (χ1v) is 20.1. The zero-order valence-electron chi connectivity index (χ0n) is 31.4. The molecule has 5 amide bonds. The monoisotopic (exact) mass is 781 g/mol. The number of nitrogens with one attached hydrogen (secondary N) is 3. The fourth-order valence-corrected chi connectivity index (χ4v) is 8.54. The number of alkyl carbamates (subject to hydrolysis) is 1. The van der Waals surface area contributed by atoms with Gasteiger partial charge in [-0.25, -0.2) is 27.1 Å². The molecule has 3 aliphatic heterocycles. The third kappa shape index (κ3) is 9.11. The molecule has 6 rings (SSSR count). The van der Waals surface area contributed by atoms with E-state index in [1.54, 1.807) is 58.0 Å². The zero-order valence-corrected chi connectivity index (χ0v) is 32.2. The Balaban J connectivity index is 1.27. The number of ether oxygens (including phenoxy) is 2. The minimum absolute atomic E-state index is 0.0139. The van der Waals surface area contributed by atoms with E-state index in [4.69, 9.17) is 9.47 Å². The van der Waals surface area contributed by atoms with E-state index in [0.29, 0.717) is 36.0 Å². The summed E-state index contributed by atoms with van der Waals surface area (Å²) in [4.78, 5) is 71.4. The van der Waals surface area contributed by atoms with Gasteiger partial charge in [-0.15, -0.1) is 0 Å². The molecule has 14 nitrogen and oxygen atoms in total. The van der Waals surface area contributed by atoms with Crippen LogP contribution in [0, 0.1) is 18.7 Å². The quantitative estimate of drug-likeness (QED) is 0.372. The topological polar surface area (TPSA) is 181 Å². The molecule has 55 heavy (non-hydrogen) atoms. The van der Waals surface area contributed by atoms with Gasteiger partial charge in [-0.3, -0.25) is 19.3 Å². The van der Waals surface area contributed by atoms with Gasteiger partial charge in [0, 0.05) is 24.4 Å². The first kappa shape index (κ1) is 39.7. The van der Waals surface area contributed by atoms with Crippen molar-refractivity contribution in [3.63, 3.8) is 0 Å². The number of allylic oxidation sites excluding steroid dienone is 1. The lowest BCUT2D eigenvalue weighted by Crippen LogP contribution is -2.58. The molecule has 2 aromatic carbocycles. The van der Waals surface area contributed by atoms with Crippen LogP contribution >= 0.6 is 0 Å². The van der Waals surface area contributed by atoms with Gasteiger partial charge in [0.05, 0.1) is 18.0 Å². The highest BCUT2D eigenvalue weighted by Gasteiger charge is 2.61. The van der Waals surface area contributed by atoms with E-state index >= 15 is 0 Å². The first-order chi connectivity index (χ1) is 26.0. The second kappa shape index (κ2) is 15.6. The minimum atomic E-state index is -4.31. The van der Waals surface area contributed by atoms with E-state index < -0.39 is 81.0 Å². The molecule has 1 saturated carbocycles. The summed E-state index contributed by atoms with van der Waals surface area (Å²) in [7, 11) is -4.31. The van der Waals surface area contributed by atoms with Crippen molar-refractivity contribution in [1.82, 2.24) is 25.2 Å². The van der Waals surface area contributed by atoms with E-state index in [1.165, 1.54) is 28.0 Å². The summed E-state index contributed by atoms with van der Waals surface area (Å²) in [5, 5.41) is 5.45. The van der Waals surface area contributed by atoms with Crippen molar-refractivity contribution < 1.29 is 46.3 Å². The number of carbonyl (C=O) groups is 5. The Morgan fingerprint density at radius 3 is 2.53 bits per heavy atom. The summed E-state index contributed by atoms with van der Waals surface area (Å²) in [6.07, 6.45) is 3.95. The number of nitrogens with zero attached hydrogens (tertiary/aromatic N) is 2. The Hall–Kier alpha value is -4.99. The Morgan fingerprint density at radius 1 is 1.04 bits per heavy atom. The molecular weight excluding hydrogens is 734 g/mol. The van der Waals surface area contributed by atoms with Gasteiger partial charge in [0.2, 0.25) is 11.8 Å². The first-order valence-electron chi connectivity index (χ1n) is 18.6. The van der Waals surface area contributed by atoms with Crippen LogP contribution in [0.2, 0.25) is 0 Å². The van der Waals surface area contributed by atoms with Gasteiger partial charge < -0.3 is 25.0 Å². The molecule has 16 heteroatoms. The van der Waals surface area contributed by atoms with Crippen molar-refractivity contribution >= 4 is 39.9 Å². The molecule has 0 bridgehead atoms. The molecule has 2 fully saturated rings. The van der Waals surface area contributed by atoms with Crippen molar-refractivity contribution in [2.75, 3.05) is 6.54 Å². The van der Waals surface area contributed by atoms with Crippen LogP contribution in [0.25, 0.3) is 0 Å². The standard InChI is InChI=1S/C39H48FN5O9S/c1-24-12-10-15-28(18-24)55(51,52)43-35(48)39-20-26(39)14-8-6-5-7-9-17-31(41-36(49)54-38(2,3)4)34(47)45-22-27(19-32(45)33(46)42-39)53-37(50)44-21-25-13-11-16-30(40)29(25)23-44/h8,10-16,18,26-27,31-32H,5-7,9,17,19-23H2,1-4H3,(H,41,49)(H,42,46)(H,43,48)/b14-8-/t26-,27+,31-,32-,39-/m0/s1. The number of hydrogen-bond donors (Lipinski definition) is 3. The predicted octanol–water partition coefficient (Wildman–Crippen LogP) is 4.35. The average Bonchev–Trinajstić information content (AvgIpc) is 3.40. The van der Waals surface area contributed by atoms with E-state index in [1.807, 2.05) is 6.08 Å². The third-order valence-corrected chi connectivity index (χ3v) is 11.6. The lowest BCUT2D eigenvalue weighted by atomic mass is 10.0. The van der Waals surface area contributed by atoms with Gasteiger partial charge in [0.25, 0.3) is 15.9 Å². The number of halogens is 1. The van der Waals surface area contributed by atoms with Crippen LogP contribution in [-0.2, 0) is 47.0 Å². The summed E-state index contributed by atoms with van der Waals surface area (Å²) in [5.41, 5.74) is -0.805. The van der Waals surface area contributed by atoms with Gasteiger partial charge in [-0.2, -0.15) is 0 Å². The van der Waals surface area contributed by atoms with Crippen LogP contribution < -0.4 is 15.4 Å². The molecule has 5 atom stereocenters. The molecule has 0 radical (unpaired) electrons. The Labute approximate surface area is 320 Å². The molecule has 1 saturated heterocycles. The Bertz CT molecular complexity index is 2000. The van der Waals surface area contributed by atoms with Crippen LogP contribution in [0.3, 0.4) is 0 Å². The number of sulfonamides is 1. The third-order valence-electron chi connectivity index (χ3n) is 10.3. The van der Waals surface area contributed by atoms with Crippen LogP contribution in [-0.4, -0.2) is 84.0 Å². The molecule has 4 aliphatic rings. The minimum Gasteiger partial charge on any atom is -0.444 e. The van der Waals surface area contributed by atoms with Crippen LogP contribution in [0.15, 0.2) is 59.5 Å². The number of rotatable bonds is 5. The molecule has 2 aromatic rings. The zero-order chi connectivity index (χ0) is 39.7. The Kier molecular flexibility index (Phi) is 11.3. The van der Waals surface area contributed by atoms with Crippen molar-refractivity contribution in [1.29, 1.82) is 0 Å². The second-order valence-electron chi connectivity index (χ2n) is 15.8. The molecular formula is C39H48FN5O9S. The number of carbonyl (C=O) groups excluding carboxylic acids is 5.